The maximum atomic E-state index is 12.5. The highest BCUT2D eigenvalue weighted by Crippen LogP contribution is 2.42. The molecule has 0 N–H and O–H groups in total. The van der Waals surface area contributed by atoms with E-state index in [0.29, 0.717) is 19.8 Å². The highest BCUT2D eigenvalue weighted by atomic mass is 28.4. The Hall–Kier alpha value is -1.37. The summed E-state index contributed by atoms with van der Waals surface area (Å²) in [6.07, 6.45) is 1.67. The number of rotatable bonds is 9. The first kappa shape index (κ1) is 23.9. The second-order valence-corrected chi connectivity index (χ2v) is 14.2. The predicted molar refractivity (Wildman–Crippen MR) is 118 cm³/mol. The molecule has 2 rings (SSSR count). The lowest BCUT2D eigenvalue weighted by Crippen LogP contribution is -2.43. The first-order valence-corrected chi connectivity index (χ1v) is 13.5. The molecule has 0 unspecified atom stereocenters. The lowest BCUT2D eigenvalue weighted by Gasteiger charge is -2.38. The summed E-state index contributed by atoms with van der Waals surface area (Å²) in [5, 5.41) is 0.148. The van der Waals surface area contributed by atoms with Crippen LogP contribution in [0.2, 0.25) is 18.1 Å². The molecule has 0 saturated heterocycles. The average molecular weight is 423 g/mol. The molecule has 29 heavy (non-hydrogen) atoms. The van der Waals surface area contributed by atoms with Gasteiger partial charge in [-0.05, 0) is 61.5 Å². The fraction of sp³-hybridized carbons (Fsp3) is 0.696. The van der Waals surface area contributed by atoms with Crippen LogP contribution in [-0.2, 0) is 25.3 Å². The van der Waals surface area contributed by atoms with Gasteiger partial charge in [-0.15, -0.1) is 0 Å². The summed E-state index contributed by atoms with van der Waals surface area (Å²) in [5.41, 5.74) is 1.09. The first-order valence-electron chi connectivity index (χ1n) is 10.6. The molecule has 3 atom stereocenters. The Morgan fingerprint density at radius 3 is 2.34 bits per heavy atom. The molecule has 1 aromatic carbocycles. The molecule has 0 radical (unpaired) electrons. The zero-order valence-electron chi connectivity index (χ0n) is 19.1. The summed E-state index contributed by atoms with van der Waals surface area (Å²) < 4.78 is 23.1. The minimum Gasteiger partial charge on any atom is -0.497 e. The molecule has 5 nitrogen and oxygen atoms in total. The highest BCUT2D eigenvalue weighted by Gasteiger charge is 2.45. The van der Waals surface area contributed by atoms with E-state index >= 15 is 0 Å². The Balaban J connectivity index is 1.97. The van der Waals surface area contributed by atoms with Gasteiger partial charge in [0.05, 0.1) is 32.8 Å². The average Bonchev–Trinajstić information content (AvgIpc) is 3.03. The Labute approximate surface area is 177 Å². The number of carbonyl (C=O) groups is 1. The van der Waals surface area contributed by atoms with Crippen molar-refractivity contribution in [1.29, 1.82) is 0 Å². The quantitative estimate of drug-likeness (QED) is 0.405. The number of methoxy groups -OCH3 is 1. The fourth-order valence-corrected chi connectivity index (χ4v) is 4.91. The van der Waals surface area contributed by atoms with E-state index in [4.69, 9.17) is 18.6 Å². The van der Waals surface area contributed by atoms with Gasteiger partial charge < -0.3 is 18.6 Å². The summed E-state index contributed by atoms with van der Waals surface area (Å²) >= 11 is 0. The van der Waals surface area contributed by atoms with Crippen LogP contribution in [0.4, 0.5) is 0 Å². The van der Waals surface area contributed by atoms with Gasteiger partial charge in [0.2, 0.25) is 0 Å². The highest BCUT2D eigenvalue weighted by molar-refractivity contribution is 6.74. The first-order chi connectivity index (χ1) is 13.6. The molecule has 0 aromatic heterocycles. The van der Waals surface area contributed by atoms with Crippen molar-refractivity contribution in [2.75, 3.05) is 20.3 Å². The molecular weight excluding hydrogens is 384 g/mol. The maximum absolute atomic E-state index is 12.5. The molecule has 1 aromatic rings. The molecule has 164 valence electrons. The molecule has 1 aliphatic carbocycles. The Bertz CT molecular complexity index is 650. The van der Waals surface area contributed by atoms with Gasteiger partial charge >= 0.3 is 5.97 Å². The standard InChI is InChI=1S/C23H38O5Si/c1-8-27-22(24)21-14-20(28-29(6,7)23(2,3)4)13-18(21)16-26-15-17-9-11-19(25-5)12-10-17/h9-12,18,20-21H,8,13-16H2,1-7H3/t18-,20+,21+/m0/s1. The summed E-state index contributed by atoms with van der Waals surface area (Å²) in [7, 11) is -0.224. The Morgan fingerprint density at radius 1 is 1.14 bits per heavy atom. The van der Waals surface area contributed by atoms with Crippen LogP contribution >= 0.6 is 0 Å². The van der Waals surface area contributed by atoms with Crippen LogP contribution in [0.25, 0.3) is 0 Å². The molecule has 1 saturated carbocycles. The van der Waals surface area contributed by atoms with Crippen LogP contribution in [0.5, 0.6) is 5.75 Å². The van der Waals surface area contributed by atoms with E-state index in [2.05, 4.69) is 33.9 Å². The number of benzene rings is 1. The zero-order valence-corrected chi connectivity index (χ0v) is 20.1. The van der Waals surface area contributed by atoms with E-state index in [0.717, 1.165) is 24.2 Å². The van der Waals surface area contributed by atoms with Gasteiger partial charge in [0, 0.05) is 6.10 Å². The molecule has 0 aliphatic heterocycles. The van der Waals surface area contributed by atoms with Crippen molar-refractivity contribution < 1.29 is 23.4 Å². The predicted octanol–water partition coefficient (Wildman–Crippen LogP) is 5.19. The minimum atomic E-state index is -1.88. The van der Waals surface area contributed by atoms with E-state index in [9.17, 15) is 4.79 Å². The summed E-state index contributed by atoms with van der Waals surface area (Å²) in [6, 6.07) is 7.86. The van der Waals surface area contributed by atoms with E-state index in [1.165, 1.54) is 0 Å². The van der Waals surface area contributed by atoms with Gasteiger partial charge in [-0.3, -0.25) is 4.79 Å². The largest absolute Gasteiger partial charge is 0.497 e. The van der Waals surface area contributed by atoms with Crippen molar-refractivity contribution in [2.45, 2.75) is 71.4 Å². The van der Waals surface area contributed by atoms with Gasteiger partial charge in [0.15, 0.2) is 8.32 Å². The summed E-state index contributed by atoms with van der Waals surface area (Å²) in [5.74, 6) is 0.687. The number of esters is 1. The van der Waals surface area contributed by atoms with Crippen molar-refractivity contribution in [3.63, 3.8) is 0 Å². The van der Waals surface area contributed by atoms with Crippen LogP contribution < -0.4 is 4.74 Å². The van der Waals surface area contributed by atoms with Crippen molar-refractivity contribution in [2.24, 2.45) is 11.8 Å². The third kappa shape index (κ3) is 6.56. The second kappa shape index (κ2) is 10.1. The van der Waals surface area contributed by atoms with E-state index in [-0.39, 0.29) is 28.9 Å². The van der Waals surface area contributed by atoms with Gasteiger partial charge in [0.1, 0.15) is 5.75 Å². The summed E-state index contributed by atoms with van der Waals surface area (Å²) in [4.78, 5) is 12.5. The second-order valence-electron chi connectivity index (χ2n) is 9.45. The van der Waals surface area contributed by atoms with Crippen LogP contribution in [0.3, 0.4) is 0 Å². The molecule has 1 aliphatic rings. The Kier molecular flexibility index (Phi) is 8.32. The third-order valence-corrected chi connectivity index (χ3v) is 10.8. The van der Waals surface area contributed by atoms with Gasteiger partial charge in [-0.25, -0.2) is 0 Å². The SMILES string of the molecule is CCOC(=O)[C@@H]1C[C@H](O[Si](C)(C)C(C)(C)C)C[C@H]1COCc1ccc(OC)cc1. The topological polar surface area (TPSA) is 54.0 Å². The smallest absolute Gasteiger partial charge is 0.309 e. The minimum absolute atomic E-state index is 0.0971. The molecule has 6 heteroatoms. The summed E-state index contributed by atoms with van der Waals surface area (Å²) in [6.45, 7) is 14.6. The molecule has 0 spiro atoms. The number of hydrogen-bond acceptors (Lipinski definition) is 5. The molecular formula is C23H38O5Si. The lowest BCUT2D eigenvalue weighted by molar-refractivity contribution is -0.150. The van der Waals surface area contributed by atoms with Crippen LogP contribution in [-0.4, -0.2) is 40.7 Å². The van der Waals surface area contributed by atoms with Gasteiger partial charge in [-0.1, -0.05) is 32.9 Å². The molecule has 0 amide bonds. The Morgan fingerprint density at radius 2 is 1.79 bits per heavy atom. The van der Waals surface area contributed by atoms with Crippen molar-refractivity contribution in [3.8, 4) is 5.75 Å². The van der Waals surface area contributed by atoms with Crippen LogP contribution in [0, 0.1) is 11.8 Å². The van der Waals surface area contributed by atoms with Gasteiger partial charge in [-0.2, -0.15) is 0 Å². The van der Waals surface area contributed by atoms with Crippen molar-refractivity contribution in [1.82, 2.24) is 0 Å². The maximum Gasteiger partial charge on any atom is 0.309 e. The van der Waals surface area contributed by atoms with Crippen molar-refractivity contribution >= 4 is 14.3 Å². The van der Waals surface area contributed by atoms with Crippen molar-refractivity contribution in [3.05, 3.63) is 29.8 Å². The normalized spacial score (nSPS) is 22.5. The van der Waals surface area contributed by atoms with E-state index < -0.39 is 8.32 Å². The number of carbonyl (C=O) groups excluding carboxylic acids is 1. The molecule has 0 heterocycles. The molecule has 0 bridgehead atoms. The fourth-order valence-electron chi connectivity index (χ4n) is 3.54. The number of ether oxygens (including phenoxy) is 3. The van der Waals surface area contributed by atoms with Gasteiger partial charge in [0.25, 0.3) is 0 Å². The van der Waals surface area contributed by atoms with E-state index in [1.54, 1.807) is 7.11 Å². The van der Waals surface area contributed by atoms with Crippen LogP contribution in [0.15, 0.2) is 24.3 Å². The molecule has 1 fully saturated rings. The monoisotopic (exact) mass is 422 g/mol. The van der Waals surface area contributed by atoms with E-state index in [1.807, 2.05) is 31.2 Å². The van der Waals surface area contributed by atoms with Crippen LogP contribution in [0.1, 0.15) is 46.1 Å². The number of hydrogen-bond donors (Lipinski definition) is 0. The zero-order chi connectivity index (χ0) is 21.7. The lowest BCUT2D eigenvalue weighted by atomic mass is 9.97. The third-order valence-electron chi connectivity index (χ3n) is 6.27.